The normalized spacial score (nSPS) is 10.1. The summed E-state index contributed by atoms with van der Waals surface area (Å²) in [6.45, 7) is 3.61. The molecule has 0 atom stereocenters. The Morgan fingerprint density at radius 1 is 1.46 bits per heavy atom. The van der Waals surface area contributed by atoms with Gasteiger partial charge in [0.2, 0.25) is 0 Å². The molecule has 0 radical (unpaired) electrons. The summed E-state index contributed by atoms with van der Waals surface area (Å²) < 4.78 is 6.62. The van der Waals surface area contributed by atoms with Crippen LogP contribution < -0.4 is 10.1 Å². The van der Waals surface area contributed by atoms with Gasteiger partial charge in [0.1, 0.15) is 12.4 Å². The Kier molecular flexibility index (Phi) is 4.25. The minimum Gasteiger partial charge on any atom is -0.492 e. The van der Waals surface area contributed by atoms with Crippen molar-refractivity contribution in [3.8, 4) is 5.75 Å². The third-order valence-corrected chi connectivity index (χ3v) is 2.25. The van der Waals surface area contributed by atoms with Gasteiger partial charge >= 0.3 is 0 Å². The average Bonchev–Trinajstić information content (AvgIpc) is 2.11. The Morgan fingerprint density at radius 2 is 2.23 bits per heavy atom. The van der Waals surface area contributed by atoms with E-state index in [-0.39, 0.29) is 0 Å². The number of benzene rings is 1. The van der Waals surface area contributed by atoms with E-state index >= 15 is 0 Å². The van der Waals surface area contributed by atoms with Gasteiger partial charge in [-0.05, 0) is 31.7 Å². The first kappa shape index (κ1) is 10.5. The summed E-state index contributed by atoms with van der Waals surface area (Å²) in [5.74, 6) is 0.949. The second-order valence-electron chi connectivity index (χ2n) is 2.86. The van der Waals surface area contributed by atoms with Crippen LogP contribution in [0.25, 0.3) is 0 Å². The topological polar surface area (TPSA) is 21.3 Å². The molecule has 1 N–H and O–H groups in total. The highest BCUT2D eigenvalue weighted by molar-refractivity contribution is 9.10. The molecule has 0 aliphatic carbocycles. The largest absolute Gasteiger partial charge is 0.492 e. The molecular formula is C10H14BrNO. The fourth-order valence-corrected chi connectivity index (χ4v) is 1.33. The smallest absolute Gasteiger partial charge is 0.123 e. The lowest BCUT2D eigenvalue weighted by molar-refractivity contribution is 0.316. The summed E-state index contributed by atoms with van der Waals surface area (Å²) in [7, 11) is 1.91. The minimum atomic E-state index is 0.702. The van der Waals surface area contributed by atoms with Crippen molar-refractivity contribution in [1.82, 2.24) is 5.32 Å². The van der Waals surface area contributed by atoms with Crippen LogP contribution in [0.1, 0.15) is 5.56 Å². The van der Waals surface area contributed by atoms with Crippen molar-refractivity contribution in [2.24, 2.45) is 0 Å². The van der Waals surface area contributed by atoms with Crippen LogP contribution in [0.5, 0.6) is 5.75 Å². The molecule has 0 unspecified atom stereocenters. The van der Waals surface area contributed by atoms with Crippen molar-refractivity contribution in [1.29, 1.82) is 0 Å². The van der Waals surface area contributed by atoms with Crippen LogP contribution in [-0.4, -0.2) is 20.2 Å². The third-order valence-electron chi connectivity index (χ3n) is 1.76. The van der Waals surface area contributed by atoms with Gasteiger partial charge in [-0.1, -0.05) is 22.0 Å². The predicted molar refractivity (Wildman–Crippen MR) is 58.3 cm³/mol. The summed E-state index contributed by atoms with van der Waals surface area (Å²) in [6, 6.07) is 6.05. The first-order chi connectivity index (χ1) is 6.24. The van der Waals surface area contributed by atoms with E-state index in [1.54, 1.807) is 0 Å². The van der Waals surface area contributed by atoms with E-state index in [4.69, 9.17) is 4.74 Å². The van der Waals surface area contributed by atoms with Crippen LogP contribution in [0.2, 0.25) is 0 Å². The molecule has 0 bridgehead atoms. The number of likely N-dealkylation sites (N-methyl/N-ethyl adjacent to an activating group) is 1. The highest BCUT2D eigenvalue weighted by Gasteiger charge is 1.99. The Hall–Kier alpha value is -0.540. The first-order valence-electron chi connectivity index (χ1n) is 4.27. The number of aryl methyl sites for hydroxylation is 1. The van der Waals surface area contributed by atoms with Gasteiger partial charge in [-0.25, -0.2) is 0 Å². The van der Waals surface area contributed by atoms with Gasteiger partial charge in [0, 0.05) is 11.0 Å². The average molecular weight is 244 g/mol. The van der Waals surface area contributed by atoms with E-state index in [0.29, 0.717) is 6.61 Å². The SMILES string of the molecule is CNCCOc1cc(Br)ccc1C. The van der Waals surface area contributed by atoms with Crippen molar-refractivity contribution in [3.05, 3.63) is 28.2 Å². The molecule has 0 aliphatic rings. The van der Waals surface area contributed by atoms with Crippen LogP contribution >= 0.6 is 15.9 Å². The Morgan fingerprint density at radius 3 is 2.92 bits per heavy atom. The highest BCUT2D eigenvalue weighted by Crippen LogP contribution is 2.22. The molecule has 0 heterocycles. The second kappa shape index (κ2) is 5.25. The fraction of sp³-hybridized carbons (Fsp3) is 0.400. The maximum Gasteiger partial charge on any atom is 0.123 e. The Labute approximate surface area is 87.4 Å². The number of rotatable bonds is 4. The summed E-state index contributed by atoms with van der Waals surface area (Å²) in [4.78, 5) is 0. The molecule has 0 saturated carbocycles. The summed E-state index contributed by atoms with van der Waals surface area (Å²) >= 11 is 3.41. The van der Waals surface area contributed by atoms with E-state index in [1.807, 2.05) is 32.2 Å². The van der Waals surface area contributed by atoms with E-state index in [9.17, 15) is 0 Å². The number of hydrogen-bond donors (Lipinski definition) is 1. The molecule has 13 heavy (non-hydrogen) atoms. The van der Waals surface area contributed by atoms with Crippen LogP contribution in [-0.2, 0) is 0 Å². The van der Waals surface area contributed by atoms with Crippen molar-refractivity contribution < 1.29 is 4.74 Å². The standard InChI is InChI=1S/C10H14BrNO/c1-8-3-4-9(11)7-10(8)13-6-5-12-2/h3-4,7,12H,5-6H2,1-2H3. The quantitative estimate of drug-likeness (QED) is 0.821. The van der Waals surface area contributed by atoms with Gasteiger partial charge < -0.3 is 10.1 Å². The predicted octanol–water partition coefficient (Wildman–Crippen LogP) is 2.36. The zero-order chi connectivity index (χ0) is 9.68. The zero-order valence-electron chi connectivity index (χ0n) is 7.93. The van der Waals surface area contributed by atoms with Crippen molar-refractivity contribution >= 4 is 15.9 Å². The molecule has 72 valence electrons. The third kappa shape index (κ3) is 3.36. The van der Waals surface area contributed by atoms with Gasteiger partial charge in [-0.3, -0.25) is 0 Å². The molecule has 0 spiro atoms. The number of halogens is 1. The molecule has 0 saturated heterocycles. The minimum absolute atomic E-state index is 0.702. The lowest BCUT2D eigenvalue weighted by Crippen LogP contribution is -2.16. The van der Waals surface area contributed by atoms with Crippen LogP contribution in [0, 0.1) is 6.92 Å². The molecular weight excluding hydrogens is 230 g/mol. The Bertz CT molecular complexity index is 276. The van der Waals surface area contributed by atoms with Gasteiger partial charge in [-0.15, -0.1) is 0 Å². The summed E-state index contributed by atoms with van der Waals surface area (Å²) in [6.07, 6.45) is 0. The molecule has 0 aromatic heterocycles. The molecule has 1 aromatic carbocycles. The van der Waals surface area contributed by atoms with Crippen LogP contribution in [0.4, 0.5) is 0 Å². The number of ether oxygens (including phenoxy) is 1. The monoisotopic (exact) mass is 243 g/mol. The van der Waals surface area contributed by atoms with Crippen molar-refractivity contribution in [2.75, 3.05) is 20.2 Å². The Balaban J connectivity index is 2.59. The fourth-order valence-electron chi connectivity index (χ4n) is 0.992. The van der Waals surface area contributed by atoms with Gasteiger partial charge in [0.15, 0.2) is 0 Å². The maximum absolute atomic E-state index is 5.57. The molecule has 3 heteroatoms. The molecule has 0 amide bonds. The van der Waals surface area contributed by atoms with Crippen LogP contribution in [0.15, 0.2) is 22.7 Å². The van der Waals surface area contributed by atoms with Gasteiger partial charge in [0.25, 0.3) is 0 Å². The molecule has 1 aromatic rings. The van der Waals surface area contributed by atoms with E-state index in [0.717, 1.165) is 16.8 Å². The second-order valence-corrected chi connectivity index (χ2v) is 3.78. The maximum atomic E-state index is 5.57. The van der Waals surface area contributed by atoms with Crippen molar-refractivity contribution in [2.45, 2.75) is 6.92 Å². The summed E-state index contributed by atoms with van der Waals surface area (Å²) in [5, 5.41) is 3.04. The number of hydrogen-bond acceptors (Lipinski definition) is 2. The number of nitrogens with one attached hydrogen (secondary N) is 1. The van der Waals surface area contributed by atoms with E-state index in [1.165, 1.54) is 5.56 Å². The van der Waals surface area contributed by atoms with Crippen molar-refractivity contribution in [3.63, 3.8) is 0 Å². The molecule has 0 fully saturated rings. The van der Waals surface area contributed by atoms with E-state index in [2.05, 4.69) is 21.2 Å². The van der Waals surface area contributed by atoms with Crippen LogP contribution in [0.3, 0.4) is 0 Å². The summed E-state index contributed by atoms with van der Waals surface area (Å²) in [5.41, 5.74) is 1.17. The lowest BCUT2D eigenvalue weighted by atomic mass is 10.2. The highest BCUT2D eigenvalue weighted by atomic mass is 79.9. The van der Waals surface area contributed by atoms with Gasteiger partial charge in [0.05, 0.1) is 0 Å². The van der Waals surface area contributed by atoms with Gasteiger partial charge in [-0.2, -0.15) is 0 Å². The zero-order valence-corrected chi connectivity index (χ0v) is 9.52. The first-order valence-corrected chi connectivity index (χ1v) is 5.07. The van der Waals surface area contributed by atoms with E-state index < -0.39 is 0 Å². The molecule has 1 rings (SSSR count). The molecule has 2 nitrogen and oxygen atoms in total. The lowest BCUT2D eigenvalue weighted by Gasteiger charge is -2.08. The molecule has 0 aliphatic heterocycles.